The lowest BCUT2D eigenvalue weighted by molar-refractivity contribution is -0.274. The topological polar surface area (TPSA) is 32.8 Å². The Bertz CT molecular complexity index is 902. The quantitative estimate of drug-likeness (QED) is 0.694. The Morgan fingerprint density at radius 2 is 1.83 bits per heavy atom. The molecule has 156 valence electrons. The van der Waals surface area contributed by atoms with Gasteiger partial charge >= 0.3 is 6.36 Å². The van der Waals surface area contributed by atoms with Gasteiger partial charge in [0, 0.05) is 29.8 Å². The van der Waals surface area contributed by atoms with E-state index in [1.807, 2.05) is 24.0 Å². The van der Waals surface area contributed by atoms with E-state index >= 15 is 0 Å². The summed E-state index contributed by atoms with van der Waals surface area (Å²) >= 11 is 0. The van der Waals surface area contributed by atoms with Crippen LogP contribution in [0.3, 0.4) is 0 Å². The van der Waals surface area contributed by atoms with Crippen molar-refractivity contribution in [2.45, 2.75) is 31.7 Å². The molecule has 2 atom stereocenters. The minimum absolute atomic E-state index is 0. The number of halogens is 4. The van der Waals surface area contributed by atoms with Crippen molar-refractivity contribution in [1.82, 2.24) is 4.90 Å². The van der Waals surface area contributed by atoms with E-state index in [1.165, 1.54) is 29.8 Å². The van der Waals surface area contributed by atoms with Gasteiger partial charge in [-0.3, -0.25) is 4.79 Å². The molecule has 2 aliphatic rings. The number of piperidine rings is 1. The Hall–Kier alpha value is -2.25. The number of hydrogen-bond acceptors (Lipinski definition) is 3. The maximum absolute atomic E-state index is 13.3. The smallest absolute Gasteiger partial charge is 0.406 e. The number of ether oxygens (including phenoxy) is 1. The third kappa shape index (κ3) is 4.21. The van der Waals surface area contributed by atoms with Crippen LogP contribution in [0.25, 0.3) is 0 Å². The molecular weight excluding hydrogens is 405 g/mol. The lowest BCUT2D eigenvalue weighted by atomic mass is 9.88. The largest absolute Gasteiger partial charge is 0.573 e. The Labute approximate surface area is 173 Å². The Morgan fingerprint density at radius 3 is 2.48 bits per heavy atom. The molecule has 2 aromatic rings. The van der Waals surface area contributed by atoms with Gasteiger partial charge in [-0.15, -0.1) is 25.6 Å². The van der Waals surface area contributed by atoms with Crippen molar-refractivity contribution < 1.29 is 22.7 Å². The van der Waals surface area contributed by atoms with Gasteiger partial charge in [-0.25, -0.2) is 0 Å². The van der Waals surface area contributed by atoms with Crippen LogP contribution >= 0.6 is 12.4 Å². The van der Waals surface area contributed by atoms with Gasteiger partial charge in [0.2, 0.25) is 0 Å². The summed E-state index contributed by atoms with van der Waals surface area (Å²) in [5.41, 5.74) is 3.56. The summed E-state index contributed by atoms with van der Waals surface area (Å²) < 4.78 is 41.0. The molecule has 0 N–H and O–H groups in total. The predicted octanol–water partition coefficient (Wildman–Crippen LogP) is 4.76. The van der Waals surface area contributed by atoms with Crippen molar-refractivity contribution in [3.8, 4) is 5.75 Å². The minimum Gasteiger partial charge on any atom is -0.406 e. The average Bonchev–Trinajstić information content (AvgIpc) is 2.93. The molecule has 4 rings (SSSR count). The first-order valence-corrected chi connectivity index (χ1v) is 9.21. The summed E-state index contributed by atoms with van der Waals surface area (Å²) in [6.45, 7) is 3.81. The highest BCUT2D eigenvalue weighted by Crippen LogP contribution is 2.45. The summed E-state index contributed by atoms with van der Waals surface area (Å²) in [4.78, 5) is 17.4. The van der Waals surface area contributed by atoms with Crippen molar-refractivity contribution in [2.75, 3.05) is 25.0 Å². The molecule has 1 amide bonds. The SMILES string of the molecule is Cc1ccc2c(c1)C1CN(C)CCC1N2C(=O)c1ccc(OC(F)(F)F)cc1.Cl. The first kappa shape index (κ1) is 21.5. The standard InChI is InChI=1S/C21H21F3N2O2.ClH/c1-13-3-8-18-16(11-13)17-12-25(2)10-9-19(17)26(18)20(27)14-4-6-15(7-5-14)28-21(22,23)24;/h3-8,11,17,19H,9-10,12H2,1-2H3;1H. The number of carbonyl (C=O) groups excluding carboxylic acids is 1. The number of rotatable bonds is 2. The van der Waals surface area contributed by atoms with Crippen molar-refractivity contribution in [2.24, 2.45) is 0 Å². The molecule has 0 aromatic heterocycles. The van der Waals surface area contributed by atoms with E-state index in [9.17, 15) is 18.0 Å². The Balaban J connectivity index is 0.00000240. The number of anilines is 1. The second-order valence-corrected chi connectivity index (χ2v) is 7.53. The highest BCUT2D eigenvalue weighted by molar-refractivity contribution is 6.08. The van der Waals surface area contributed by atoms with Gasteiger partial charge in [-0.1, -0.05) is 17.7 Å². The number of benzene rings is 2. The zero-order valence-corrected chi connectivity index (χ0v) is 16.9. The maximum atomic E-state index is 13.3. The molecule has 29 heavy (non-hydrogen) atoms. The van der Waals surface area contributed by atoms with E-state index in [1.54, 1.807) is 0 Å². The maximum Gasteiger partial charge on any atom is 0.573 e. The van der Waals surface area contributed by atoms with Crippen LogP contribution < -0.4 is 9.64 Å². The molecule has 2 aromatic carbocycles. The molecule has 2 unspecified atom stereocenters. The number of aryl methyl sites for hydroxylation is 1. The first-order valence-electron chi connectivity index (χ1n) is 9.21. The molecule has 2 heterocycles. The molecule has 2 aliphatic heterocycles. The number of likely N-dealkylation sites (tertiary alicyclic amines) is 1. The van der Waals surface area contributed by atoms with E-state index in [-0.39, 0.29) is 36.0 Å². The fourth-order valence-corrected chi connectivity index (χ4v) is 4.28. The zero-order valence-electron chi connectivity index (χ0n) is 16.1. The van der Waals surface area contributed by atoms with Crippen LogP contribution in [-0.2, 0) is 0 Å². The number of hydrogen-bond donors (Lipinski definition) is 0. The van der Waals surface area contributed by atoms with Crippen LogP contribution in [-0.4, -0.2) is 43.3 Å². The molecule has 8 heteroatoms. The van der Waals surface area contributed by atoms with E-state index < -0.39 is 6.36 Å². The van der Waals surface area contributed by atoms with Crippen molar-refractivity contribution in [3.05, 3.63) is 59.2 Å². The number of fused-ring (bicyclic) bond motifs is 3. The monoisotopic (exact) mass is 426 g/mol. The molecular formula is C21H22ClF3N2O2. The normalized spacial score (nSPS) is 21.2. The van der Waals surface area contributed by atoms with E-state index in [2.05, 4.69) is 22.8 Å². The van der Waals surface area contributed by atoms with Crippen molar-refractivity contribution in [1.29, 1.82) is 0 Å². The van der Waals surface area contributed by atoms with Crippen LogP contribution in [0, 0.1) is 6.92 Å². The van der Waals surface area contributed by atoms with Gasteiger partial charge in [0.1, 0.15) is 5.75 Å². The molecule has 0 bridgehead atoms. The molecule has 0 aliphatic carbocycles. The molecule has 1 saturated heterocycles. The lowest BCUT2D eigenvalue weighted by Crippen LogP contribution is -2.47. The number of nitrogens with zero attached hydrogens (tertiary/aromatic N) is 2. The lowest BCUT2D eigenvalue weighted by Gasteiger charge is -2.36. The highest BCUT2D eigenvalue weighted by atomic mass is 35.5. The van der Waals surface area contributed by atoms with Crippen LogP contribution in [0.4, 0.5) is 18.9 Å². The molecule has 0 saturated carbocycles. The van der Waals surface area contributed by atoms with Crippen LogP contribution in [0.15, 0.2) is 42.5 Å². The summed E-state index contributed by atoms with van der Waals surface area (Å²) in [5, 5.41) is 0. The minimum atomic E-state index is -4.75. The zero-order chi connectivity index (χ0) is 20.1. The molecule has 1 fully saturated rings. The van der Waals surface area contributed by atoms with E-state index in [0.29, 0.717) is 5.56 Å². The van der Waals surface area contributed by atoms with Crippen LogP contribution in [0.5, 0.6) is 5.75 Å². The fraction of sp³-hybridized carbons (Fsp3) is 0.381. The van der Waals surface area contributed by atoms with E-state index in [0.717, 1.165) is 30.8 Å². The Kier molecular flexibility index (Phi) is 5.83. The second-order valence-electron chi connectivity index (χ2n) is 7.53. The molecule has 0 radical (unpaired) electrons. The van der Waals surface area contributed by atoms with Gasteiger partial charge < -0.3 is 14.5 Å². The van der Waals surface area contributed by atoms with E-state index in [4.69, 9.17) is 0 Å². The molecule has 4 nitrogen and oxygen atoms in total. The van der Waals surface area contributed by atoms with Gasteiger partial charge in [-0.2, -0.15) is 0 Å². The summed E-state index contributed by atoms with van der Waals surface area (Å²) in [5.74, 6) is -0.287. The first-order chi connectivity index (χ1) is 13.2. The second kappa shape index (κ2) is 7.88. The van der Waals surface area contributed by atoms with Gasteiger partial charge in [-0.05, 0) is 62.8 Å². The van der Waals surface area contributed by atoms with Crippen LogP contribution in [0.2, 0.25) is 0 Å². The van der Waals surface area contributed by atoms with Crippen molar-refractivity contribution >= 4 is 24.0 Å². The number of carbonyl (C=O) groups is 1. The summed E-state index contributed by atoms with van der Waals surface area (Å²) in [7, 11) is 2.08. The Morgan fingerprint density at radius 1 is 1.14 bits per heavy atom. The van der Waals surface area contributed by atoms with Gasteiger partial charge in [0.25, 0.3) is 5.91 Å². The number of alkyl halides is 3. The van der Waals surface area contributed by atoms with Gasteiger partial charge in [0.15, 0.2) is 0 Å². The summed E-state index contributed by atoms with van der Waals surface area (Å²) in [6.07, 6.45) is -3.89. The number of likely N-dealkylation sites (N-methyl/N-ethyl adjacent to an activating group) is 1. The van der Waals surface area contributed by atoms with Crippen LogP contribution in [0.1, 0.15) is 33.8 Å². The predicted molar refractivity (Wildman–Crippen MR) is 107 cm³/mol. The fourth-order valence-electron chi connectivity index (χ4n) is 4.28. The van der Waals surface area contributed by atoms with Crippen molar-refractivity contribution in [3.63, 3.8) is 0 Å². The summed E-state index contributed by atoms with van der Waals surface area (Å²) in [6, 6.07) is 11.3. The van der Waals surface area contributed by atoms with Gasteiger partial charge in [0.05, 0.1) is 0 Å². The average molecular weight is 427 g/mol. The molecule has 0 spiro atoms. The number of amides is 1. The third-order valence-corrected chi connectivity index (χ3v) is 5.51. The third-order valence-electron chi connectivity index (χ3n) is 5.51. The highest BCUT2D eigenvalue weighted by Gasteiger charge is 2.44.